The molecule has 0 amide bonds. The Morgan fingerprint density at radius 1 is 1.60 bits per heavy atom. The van der Waals surface area contributed by atoms with Crippen molar-refractivity contribution in [3.63, 3.8) is 0 Å². The monoisotopic (exact) mass is 154 g/mol. The minimum Gasteiger partial charge on any atom is -0.159 e. The lowest BCUT2D eigenvalue weighted by Gasteiger charge is -1.89. The third kappa shape index (κ3) is 2.15. The summed E-state index contributed by atoms with van der Waals surface area (Å²) in [6.07, 6.45) is 4.22. The van der Waals surface area contributed by atoms with Gasteiger partial charge in [0.05, 0.1) is 5.69 Å². The molecule has 0 radical (unpaired) electrons. The molecule has 2 nitrogen and oxygen atoms in total. The van der Waals surface area contributed by atoms with Gasteiger partial charge in [0.1, 0.15) is 0 Å². The van der Waals surface area contributed by atoms with Crippen LogP contribution in [-0.4, -0.2) is 10.2 Å². The highest BCUT2D eigenvalue weighted by Gasteiger charge is 1.86. The average molecular weight is 155 g/mol. The number of aromatic nitrogens is 2. The van der Waals surface area contributed by atoms with Crippen molar-refractivity contribution < 1.29 is 0 Å². The van der Waals surface area contributed by atoms with Crippen molar-refractivity contribution in [2.45, 2.75) is 6.42 Å². The predicted molar refractivity (Wildman–Crippen MR) is 40.7 cm³/mol. The summed E-state index contributed by atoms with van der Waals surface area (Å²) >= 11 is 5.32. The molecule has 0 fully saturated rings. The van der Waals surface area contributed by atoms with Gasteiger partial charge in [0.25, 0.3) is 0 Å². The molecule has 0 N–H and O–H groups in total. The van der Waals surface area contributed by atoms with Crippen molar-refractivity contribution in [3.8, 4) is 0 Å². The zero-order valence-corrected chi connectivity index (χ0v) is 6.12. The van der Waals surface area contributed by atoms with Crippen LogP contribution in [0.3, 0.4) is 0 Å². The van der Waals surface area contributed by atoms with E-state index in [0.717, 1.165) is 12.1 Å². The smallest absolute Gasteiger partial charge is 0.0669 e. The molecule has 1 rings (SSSR count). The second-order valence-electron chi connectivity index (χ2n) is 1.78. The lowest BCUT2D eigenvalue weighted by molar-refractivity contribution is 0.949. The number of nitrogens with zero attached hydrogens (tertiary/aromatic N) is 2. The average Bonchev–Trinajstić information content (AvgIpc) is 2.03. The van der Waals surface area contributed by atoms with Crippen LogP contribution in [0.4, 0.5) is 0 Å². The maximum Gasteiger partial charge on any atom is 0.0669 e. The Morgan fingerprint density at radius 3 is 3.10 bits per heavy atom. The lowest BCUT2D eigenvalue weighted by Crippen LogP contribution is -1.87. The van der Waals surface area contributed by atoms with Crippen molar-refractivity contribution in [2.24, 2.45) is 0 Å². The second kappa shape index (κ2) is 4.01. The molecule has 0 bridgehead atoms. The largest absolute Gasteiger partial charge is 0.159 e. The first kappa shape index (κ1) is 7.22. The first-order valence-corrected chi connectivity index (χ1v) is 3.39. The summed E-state index contributed by atoms with van der Waals surface area (Å²) in [6.45, 7) is 0. The van der Waals surface area contributed by atoms with Crippen molar-refractivity contribution in [1.82, 2.24) is 10.2 Å². The van der Waals surface area contributed by atoms with Gasteiger partial charge in [0.15, 0.2) is 0 Å². The summed E-state index contributed by atoms with van der Waals surface area (Å²) < 4.78 is 0. The van der Waals surface area contributed by atoms with E-state index < -0.39 is 0 Å². The Bertz CT molecular complexity index is 208. The first-order chi connectivity index (χ1) is 4.93. The van der Waals surface area contributed by atoms with E-state index in [2.05, 4.69) is 10.2 Å². The maximum atomic E-state index is 5.32. The highest BCUT2D eigenvalue weighted by molar-refractivity contribution is 6.25. The topological polar surface area (TPSA) is 25.8 Å². The van der Waals surface area contributed by atoms with Gasteiger partial charge in [-0.3, -0.25) is 0 Å². The van der Waals surface area contributed by atoms with Gasteiger partial charge in [0, 0.05) is 18.2 Å². The molecular formula is C7H7ClN2. The van der Waals surface area contributed by atoms with Crippen LogP contribution in [0.15, 0.2) is 29.9 Å². The van der Waals surface area contributed by atoms with Crippen LogP contribution in [-0.2, 0) is 6.42 Å². The number of hydrogen-bond donors (Lipinski definition) is 0. The summed E-state index contributed by atoms with van der Waals surface area (Å²) in [5, 5.41) is 7.57. The standard InChI is InChI=1S/C7H7ClN2/c8-5-1-3-7-4-2-6-9-10-7/h1-2,4-6H,3H2. The Balaban J connectivity index is 2.59. The van der Waals surface area contributed by atoms with Crippen molar-refractivity contribution in [3.05, 3.63) is 35.6 Å². The van der Waals surface area contributed by atoms with Crippen LogP contribution < -0.4 is 0 Å². The molecule has 0 saturated carbocycles. The predicted octanol–water partition coefficient (Wildman–Crippen LogP) is 1.77. The van der Waals surface area contributed by atoms with Crippen LogP contribution in [0, 0.1) is 0 Å². The van der Waals surface area contributed by atoms with Crippen LogP contribution in [0.1, 0.15) is 5.69 Å². The van der Waals surface area contributed by atoms with E-state index in [9.17, 15) is 0 Å². The van der Waals surface area contributed by atoms with E-state index in [1.165, 1.54) is 5.54 Å². The molecule has 0 atom stereocenters. The van der Waals surface area contributed by atoms with Gasteiger partial charge in [-0.25, -0.2) is 0 Å². The molecule has 1 heterocycles. The van der Waals surface area contributed by atoms with E-state index in [-0.39, 0.29) is 0 Å². The molecule has 3 heteroatoms. The fraction of sp³-hybridized carbons (Fsp3) is 0.143. The number of halogens is 1. The van der Waals surface area contributed by atoms with Crippen molar-refractivity contribution in [1.29, 1.82) is 0 Å². The molecule has 0 saturated heterocycles. The van der Waals surface area contributed by atoms with Crippen molar-refractivity contribution in [2.75, 3.05) is 0 Å². The van der Waals surface area contributed by atoms with Crippen molar-refractivity contribution >= 4 is 11.6 Å². The van der Waals surface area contributed by atoms with Gasteiger partial charge >= 0.3 is 0 Å². The van der Waals surface area contributed by atoms with Crippen LogP contribution in [0.25, 0.3) is 0 Å². The summed E-state index contributed by atoms with van der Waals surface area (Å²) in [5.74, 6) is 0. The minimum absolute atomic E-state index is 0.747. The Morgan fingerprint density at radius 2 is 2.50 bits per heavy atom. The van der Waals surface area contributed by atoms with Gasteiger partial charge in [-0.2, -0.15) is 10.2 Å². The molecular weight excluding hydrogens is 148 g/mol. The lowest BCUT2D eigenvalue weighted by atomic mass is 10.3. The SMILES string of the molecule is ClC=CCc1cccnn1. The van der Waals surface area contributed by atoms with E-state index in [0.29, 0.717) is 0 Å². The van der Waals surface area contributed by atoms with Crippen LogP contribution >= 0.6 is 11.6 Å². The van der Waals surface area contributed by atoms with Gasteiger partial charge in [-0.05, 0) is 12.1 Å². The first-order valence-electron chi connectivity index (χ1n) is 2.95. The Hall–Kier alpha value is -0.890. The number of hydrogen-bond acceptors (Lipinski definition) is 2. The van der Waals surface area contributed by atoms with Gasteiger partial charge < -0.3 is 0 Å². The molecule has 10 heavy (non-hydrogen) atoms. The van der Waals surface area contributed by atoms with Crippen LogP contribution in [0.2, 0.25) is 0 Å². The Kier molecular flexibility index (Phi) is 2.90. The van der Waals surface area contributed by atoms with E-state index >= 15 is 0 Å². The molecule has 0 aliphatic rings. The number of allylic oxidation sites excluding steroid dienone is 1. The third-order valence-electron chi connectivity index (χ3n) is 1.04. The zero-order valence-electron chi connectivity index (χ0n) is 5.37. The second-order valence-corrected chi connectivity index (χ2v) is 2.03. The highest BCUT2D eigenvalue weighted by Crippen LogP contribution is 1.93. The fourth-order valence-electron chi connectivity index (χ4n) is 0.608. The summed E-state index contributed by atoms with van der Waals surface area (Å²) in [6, 6.07) is 3.76. The van der Waals surface area contributed by atoms with E-state index in [1.807, 2.05) is 18.2 Å². The summed E-state index contributed by atoms with van der Waals surface area (Å²) in [5.41, 5.74) is 2.41. The van der Waals surface area contributed by atoms with E-state index in [4.69, 9.17) is 11.6 Å². The zero-order chi connectivity index (χ0) is 7.23. The molecule has 1 aromatic heterocycles. The van der Waals surface area contributed by atoms with Crippen LogP contribution in [0.5, 0.6) is 0 Å². The third-order valence-corrected chi connectivity index (χ3v) is 1.22. The fourth-order valence-corrected chi connectivity index (χ4v) is 0.697. The maximum absolute atomic E-state index is 5.32. The molecule has 52 valence electrons. The number of rotatable bonds is 2. The van der Waals surface area contributed by atoms with E-state index in [1.54, 1.807) is 6.20 Å². The van der Waals surface area contributed by atoms with Gasteiger partial charge in [-0.1, -0.05) is 17.7 Å². The summed E-state index contributed by atoms with van der Waals surface area (Å²) in [7, 11) is 0. The quantitative estimate of drug-likeness (QED) is 0.649. The summed E-state index contributed by atoms with van der Waals surface area (Å²) in [4.78, 5) is 0. The Labute approximate surface area is 64.5 Å². The molecule has 0 aliphatic carbocycles. The van der Waals surface area contributed by atoms with Gasteiger partial charge in [-0.15, -0.1) is 0 Å². The highest BCUT2D eigenvalue weighted by atomic mass is 35.5. The molecule has 0 unspecified atom stereocenters. The normalized spacial score (nSPS) is 10.5. The minimum atomic E-state index is 0.747. The van der Waals surface area contributed by atoms with Gasteiger partial charge in [0.2, 0.25) is 0 Å². The molecule has 0 spiro atoms. The molecule has 0 aliphatic heterocycles. The molecule has 0 aromatic carbocycles. The molecule has 1 aromatic rings.